The highest BCUT2D eigenvalue weighted by atomic mass is 28.3. The van der Waals surface area contributed by atoms with E-state index in [0.717, 1.165) is 33.1 Å². The lowest BCUT2D eigenvalue weighted by Crippen LogP contribution is -2.37. The Morgan fingerprint density at radius 3 is 1.56 bits per heavy atom. The van der Waals surface area contributed by atoms with Crippen LogP contribution in [0.2, 0.25) is 19.6 Å². The molecule has 9 aromatic rings. The van der Waals surface area contributed by atoms with Crippen molar-refractivity contribution in [2.75, 3.05) is 0 Å². The fourth-order valence-corrected chi connectivity index (χ4v) is 8.65. The van der Waals surface area contributed by atoms with E-state index in [1.807, 2.05) is 12.3 Å². The summed E-state index contributed by atoms with van der Waals surface area (Å²) in [5.41, 5.74) is 9.01. The Hall–Kier alpha value is -5.64. The van der Waals surface area contributed by atoms with Crippen LogP contribution in [0.25, 0.3) is 87.6 Å². The van der Waals surface area contributed by atoms with Gasteiger partial charge in [-0.2, -0.15) is 0 Å². The van der Waals surface area contributed by atoms with E-state index in [0.29, 0.717) is 0 Å². The number of pyridine rings is 2. The standard InChI is InChI=1S/C45H34N2Si/c1-48(2,3)32-23-20-29(21-24-32)42-36-14-6-8-16-38(36)43(39-17-9-7-15-37(39)42)40-26-25-35(33-12-4-5-13-34(33)40)41-27-22-31-19-18-30-11-10-28-46-44(30)45(31)47-41/h4-28H,1-3H3. The third-order valence-electron chi connectivity index (χ3n) is 9.87. The van der Waals surface area contributed by atoms with Crippen molar-refractivity contribution in [2.24, 2.45) is 0 Å². The average Bonchev–Trinajstić information content (AvgIpc) is 3.13. The first-order chi connectivity index (χ1) is 23.5. The molecule has 0 saturated carbocycles. The Labute approximate surface area is 281 Å². The second-order valence-electron chi connectivity index (χ2n) is 13.8. The zero-order chi connectivity index (χ0) is 32.4. The van der Waals surface area contributed by atoms with E-state index >= 15 is 0 Å². The van der Waals surface area contributed by atoms with Crippen molar-refractivity contribution in [2.45, 2.75) is 19.6 Å². The van der Waals surface area contributed by atoms with E-state index in [-0.39, 0.29) is 0 Å². The Balaban J connectivity index is 1.30. The normalized spacial score (nSPS) is 12.1. The van der Waals surface area contributed by atoms with Crippen LogP contribution in [0.5, 0.6) is 0 Å². The van der Waals surface area contributed by atoms with Crippen LogP contribution in [0, 0.1) is 0 Å². The van der Waals surface area contributed by atoms with Gasteiger partial charge in [-0.05, 0) is 66.7 Å². The molecule has 0 fully saturated rings. The van der Waals surface area contributed by atoms with Crippen LogP contribution in [0.3, 0.4) is 0 Å². The van der Waals surface area contributed by atoms with Gasteiger partial charge in [0.2, 0.25) is 0 Å². The summed E-state index contributed by atoms with van der Waals surface area (Å²) in [5, 5.41) is 11.2. The van der Waals surface area contributed by atoms with Gasteiger partial charge in [0.15, 0.2) is 0 Å². The van der Waals surface area contributed by atoms with Gasteiger partial charge in [0, 0.05) is 22.5 Å². The smallest absolute Gasteiger partial charge is 0.0972 e. The molecule has 2 nitrogen and oxygen atoms in total. The van der Waals surface area contributed by atoms with Gasteiger partial charge in [0.1, 0.15) is 0 Å². The van der Waals surface area contributed by atoms with Crippen molar-refractivity contribution < 1.29 is 0 Å². The van der Waals surface area contributed by atoms with Crippen molar-refractivity contribution in [3.8, 4) is 33.5 Å². The van der Waals surface area contributed by atoms with Crippen molar-refractivity contribution >= 4 is 67.4 Å². The molecule has 0 atom stereocenters. The molecule has 0 aliphatic carbocycles. The molecule has 0 aliphatic rings. The van der Waals surface area contributed by atoms with Gasteiger partial charge in [0.25, 0.3) is 0 Å². The molecule has 0 spiro atoms. The third kappa shape index (κ3) is 4.54. The number of hydrogen-bond acceptors (Lipinski definition) is 2. The molecule has 3 heteroatoms. The van der Waals surface area contributed by atoms with Crippen LogP contribution >= 0.6 is 0 Å². The Bertz CT molecular complexity index is 2650. The molecule has 0 aliphatic heterocycles. The SMILES string of the molecule is C[Si](C)(C)c1ccc(-c2c3ccccc3c(-c3ccc(-c4ccc5ccc6cccnc6c5n4)c4ccccc34)c3ccccc23)cc1. The minimum atomic E-state index is -1.41. The van der Waals surface area contributed by atoms with Crippen LogP contribution in [0.15, 0.2) is 152 Å². The first-order valence-electron chi connectivity index (χ1n) is 16.7. The zero-order valence-corrected chi connectivity index (χ0v) is 28.3. The summed E-state index contributed by atoms with van der Waals surface area (Å²) < 4.78 is 0. The van der Waals surface area contributed by atoms with E-state index in [2.05, 4.69) is 159 Å². The predicted molar refractivity (Wildman–Crippen MR) is 209 cm³/mol. The van der Waals surface area contributed by atoms with Crippen LogP contribution in [0.1, 0.15) is 0 Å². The lowest BCUT2D eigenvalue weighted by Gasteiger charge is -2.20. The van der Waals surface area contributed by atoms with Crippen molar-refractivity contribution in [3.05, 3.63) is 152 Å². The summed E-state index contributed by atoms with van der Waals surface area (Å²) >= 11 is 0. The minimum absolute atomic E-state index is 0.934. The molecule has 0 N–H and O–H groups in total. The topological polar surface area (TPSA) is 25.8 Å². The molecule has 0 saturated heterocycles. The van der Waals surface area contributed by atoms with Crippen LogP contribution in [0.4, 0.5) is 0 Å². The maximum Gasteiger partial charge on any atom is 0.0972 e. The van der Waals surface area contributed by atoms with Crippen LogP contribution in [-0.2, 0) is 0 Å². The lowest BCUT2D eigenvalue weighted by molar-refractivity contribution is 1.37. The van der Waals surface area contributed by atoms with Gasteiger partial charge in [-0.25, -0.2) is 4.98 Å². The summed E-state index contributed by atoms with van der Waals surface area (Å²) in [5.74, 6) is 0. The first kappa shape index (κ1) is 28.6. The highest BCUT2D eigenvalue weighted by Crippen LogP contribution is 2.46. The molecule has 0 amide bonds. The number of aromatic nitrogens is 2. The molecular formula is C45H34N2Si. The van der Waals surface area contributed by atoms with E-state index < -0.39 is 8.07 Å². The molecular weight excluding hydrogens is 597 g/mol. The summed E-state index contributed by atoms with van der Waals surface area (Å²) in [7, 11) is -1.41. The van der Waals surface area contributed by atoms with Crippen LogP contribution in [-0.4, -0.2) is 18.0 Å². The zero-order valence-electron chi connectivity index (χ0n) is 27.3. The number of fused-ring (bicyclic) bond motifs is 6. The number of hydrogen-bond donors (Lipinski definition) is 0. The molecule has 9 rings (SSSR count). The molecule has 2 aromatic heterocycles. The van der Waals surface area contributed by atoms with Gasteiger partial charge in [-0.3, -0.25) is 4.98 Å². The van der Waals surface area contributed by atoms with E-state index in [1.165, 1.54) is 59.8 Å². The lowest BCUT2D eigenvalue weighted by atomic mass is 9.84. The largest absolute Gasteiger partial charge is 0.254 e. The van der Waals surface area contributed by atoms with E-state index in [1.54, 1.807) is 0 Å². The highest BCUT2D eigenvalue weighted by Gasteiger charge is 2.21. The maximum absolute atomic E-state index is 5.23. The second-order valence-corrected chi connectivity index (χ2v) is 18.9. The molecule has 48 heavy (non-hydrogen) atoms. The van der Waals surface area contributed by atoms with Gasteiger partial charge >= 0.3 is 0 Å². The van der Waals surface area contributed by atoms with Crippen molar-refractivity contribution in [3.63, 3.8) is 0 Å². The summed E-state index contributed by atoms with van der Waals surface area (Å²) in [6.07, 6.45) is 1.85. The Morgan fingerprint density at radius 2 is 0.938 bits per heavy atom. The Kier molecular flexibility index (Phi) is 6.53. The van der Waals surface area contributed by atoms with E-state index in [4.69, 9.17) is 9.97 Å². The van der Waals surface area contributed by atoms with Crippen molar-refractivity contribution in [1.82, 2.24) is 9.97 Å². The summed E-state index contributed by atoms with van der Waals surface area (Å²) in [6.45, 7) is 7.23. The fraction of sp³-hybridized carbons (Fsp3) is 0.0667. The average molecular weight is 631 g/mol. The van der Waals surface area contributed by atoms with E-state index in [9.17, 15) is 0 Å². The molecule has 0 unspecified atom stereocenters. The van der Waals surface area contributed by atoms with Crippen LogP contribution < -0.4 is 5.19 Å². The first-order valence-corrected chi connectivity index (χ1v) is 20.2. The maximum atomic E-state index is 5.23. The molecule has 7 aromatic carbocycles. The third-order valence-corrected chi connectivity index (χ3v) is 11.9. The molecule has 228 valence electrons. The number of benzene rings is 7. The van der Waals surface area contributed by atoms with Crippen molar-refractivity contribution in [1.29, 1.82) is 0 Å². The second kappa shape index (κ2) is 11.0. The number of rotatable bonds is 4. The van der Waals surface area contributed by atoms with Gasteiger partial charge in [-0.15, -0.1) is 0 Å². The molecule has 0 bridgehead atoms. The minimum Gasteiger partial charge on any atom is -0.254 e. The van der Waals surface area contributed by atoms with Gasteiger partial charge in [-0.1, -0.05) is 158 Å². The highest BCUT2D eigenvalue weighted by molar-refractivity contribution is 6.88. The molecule has 0 radical (unpaired) electrons. The summed E-state index contributed by atoms with van der Waals surface area (Å²) in [6, 6.07) is 53.2. The monoisotopic (exact) mass is 630 g/mol. The quantitative estimate of drug-likeness (QED) is 0.110. The number of nitrogens with zero attached hydrogens (tertiary/aromatic N) is 2. The fourth-order valence-electron chi connectivity index (χ4n) is 7.48. The summed E-state index contributed by atoms with van der Waals surface area (Å²) in [4.78, 5) is 9.93. The predicted octanol–water partition coefficient (Wildman–Crippen LogP) is 11.8. The Morgan fingerprint density at radius 1 is 0.417 bits per heavy atom. The van der Waals surface area contributed by atoms with Gasteiger partial charge < -0.3 is 0 Å². The van der Waals surface area contributed by atoms with Gasteiger partial charge in [0.05, 0.1) is 24.8 Å². The molecule has 2 heterocycles.